The fourth-order valence-electron chi connectivity index (χ4n) is 0.192. The van der Waals surface area contributed by atoms with Crippen LogP contribution in [-0.4, -0.2) is 21.6 Å². The van der Waals surface area contributed by atoms with Crippen LogP contribution in [0.15, 0.2) is 0 Å². The third-order valence-corrected chi connectivity index (χ3v) is 1.18. The van der Waals surface area contributed by atoms with E-state index in [1.807, 2.05) is 0 Å². The largest absolute Gasteiger partial charge is 0.429 e. The number of alkyl halides is 1. The minimum atomic E-state index is -4.42. The highest BCUT2D eigenvalue weighted by Crippen LogP contribution is 2.27. The maximum Gasteiger partial charge on any atom is 0.429 e. The van der Waals surface area contributed by atoms with Crippen molar-refractivity contribution in [1.29, 1.82) is 0 Å². The van der Waals surface area contributed by atoms with Crippen molar-refractivity contribution in [2.24, 2.45) is 0 Å². The second kappa shape index (κ2) is 7.16. The van der Waals surface area contributed by atoms with Crippen LogP contribution in [0, 0.1) is 0 Å². The van der Waals surface area contributed by atoms with E-state index < -0.39 is 19.5 Å². The van der Waals surface area contributed by atoms with Crippen molar-refractivity contribution in [1.82, 2.24) is 5.09 Å². The van der Waals surface area contributed by atoms with Gasteiger partial charge in [0.25, 0.3) is 0 Å². The topological polar surface area (TPSA) is 86.6 Å². The Morgan fingerprint density at radius 1 is 1.45 bits per heavy atom. The standard InChI is InChI=1S/C2H5ClNO4P.2ClH/c3-1-2(5)4-9(6,7)8;;/h1H2,(H3,4,5,6,7,8);2*1H. The second-order valence-electron chi connectivity index (χ2n) is 1.21. The van der Waals surface area contributed by atoms with Gasteiger partial charge in [0.1, 0.15) is 5.88 Å². The van der Waals surface area contributed by atoms with E-state index in [0.717, 1.165) is 0 Å². The fourth-order valence-corrected chi connectivity index (χ4v) is 0.756. The van der Waals surface area contributed by atoms with Crippen LogP contribution in [-0.2, 0) is 9.36 Å². The van der Waals surface area contributed by atoms with Crippen molar-refractivity contribution < 1.29 is 19.1 Å². The maximum atomic E-state index is 10.1. The summed E-state index contributed by atoms with van der Waals surface area (Å²) in [4.78, 5) is 26.2. The van der Waals surface area contributed by atoms with E-state index in [0.29, 0.717) is 0 Å². The number of rotatable bonds is 2. The first-order valence-corrected chi connectivity index (χ1v) is 4.03. The number of carbonyl (C=O) groups is 1. The predicted octanol–water partition coefficient (Wildman–Crippen LogP) is 0.278. The molecule has 0 aliphatic carbocycles. The molecule has 5 nitrogen and oxygen atoms in total. The molecular formula is C2H7Cl3NO4P. The summed E-state index contributed by atoms with van der Waals surface area (Å²) in [5, 5.41) is 1.36. The molecule has 0 spiro atoms. The van der Waals surface area contributed by atoms with Crippen molar-refractivity contribution >= 4 is 50.1 Å². The minimum Gasteiger partial charge on any atom is -0.308 e. The van der Waals surface area contributed by atoms with Gasteiger partial charge in [-0.05, 0) is 0 Å². The van der Waals surface area contributed by atoms with E-state index in [2.05, 4.69) is 0 Å². The Kier molecular flexibility index (Phi) is 11.4. The average molecular weight is 246 g/mol. The molecule has 0 atom stereocenters. The molecule has 3 N–H and O–H groups in total. The van der Waals surface area contributed by atoms with Crippen molar-refractivity contribution in [3.63, 3.8) is 0 Å². The molecule has 0 rings (SSSR count). The molecule has 0 aromatic carbocycles. The van der Waals surface area contributed by atoms with Gasteiger partial charge in [0.05, 0.1) is 0 Å². The summed E-state index contributed by atoms with van der Waals surface area (Å²) in [6.45, 7) is 0. The highest BCUT2D eigenvalue weighted by Gasteiger charge is 2.14. The number of hydrogen-bond acceptors (Lipinski definition) is 2. The number of amides is 1. The molecule has 0 aromatic rings. The first-order chi connectivity index (χ1) is 3.95. The molecule has 70 valence electrons. The van der Waals surface area contributed by atoms with Crippen LogP contribution in [0.5, 0.6) is 0 Å². The molecule has 0 bridgehead atoms. The zero-order chi connectivity index (χ0) is 7.49. The maximum absolute atomic E-state index is 10.1. The van der Waals surface area contributed by atoms with E-state index >= 15 is 0 Å². The smallest absolute Gasteiger partial charge is 0.308 e. The number of halogens is 3. The lowest BCUT2D eigenvalue weighted by molar-refractivity contribution is -0.117. The second-order valence-corrected chi connectivity index (χ2v) is 2.79. The van der Waals surface area contributed by atoms with Crippen LogP contribution in [0.1, 0.15) is 0 Å². The van der Waals surface area contributed by atoms with Crippen molar-refractivity contribution in [2.45, 2.75) is 0 Å². The molecule has 0 fully saturated rings. The van der Waals surface area contributed by atoms with Crippen LogP contribution in [0.3, 0.4) is 0 Å². The third kappa shape index (κ3) is 13.5. The lowest BCUT2D eigenvalue weighted by Gasteiger charge is -2.01. The Labute approximate surface area is 80.5 Å². The van der Waals surface area contributed by atoms with E-state index in [1.165, 1.54) is 5.09 Å². The first-order valence-electron chi connectivity index (χ1n) is 1.88. The quantitative estimate of drug-likeness (QED) is 0.482. The van der Waals surface area contributed by atoms with Crippen molar-refractivity contribution in [3.8, 4) is 0 Å². The molecule has 0 aliphatic rings. The van der Waals surface area contributed by atoms with Gasteiger partial charge < -0.3 is 9.79 Å². The van der Waals surface area contributed by atoms with Crippen LogP contribution in [0.2, 0.25) is 0 Å². The van der Waals surface area contributed by atoms with Gasteiger partial charge in [-0.3, -0.25) is 9.88 Å². The normalized spacial score (nSPS) is 9.00. The molecule has 0 heterocycles. The molecule has 0 aromatic heterocycles. The van der Waals surface area contributed by atoms with Gasteiger partial charge in [-0.25, -0.2) is 4.57 Å². The van der Waals surface area contributed by atoms with Crippen LogP contribution in [0.4, 0.5) is 0 Å². The van der Waals surface area contributed by atoms with Crippen LogP contribution < -0.4 is 5.09 Å². The molecule has 0 unspecified atom stereocenters. The summed E-state index contributed by atoms with van der Waals surface area (Å²) in [6.07, 6.45) is 0. The van der Waals surface area contributed by atoms with E-state index in [4.69, 9.17) is 21.4 Å². The molecule has 9 heteroatoms. The molecular weight excluding hydrogens is 239 g/mol. The fraction of sp³-hybridized carbons (Fsp3) is 0.500. The highest BCUT2D eigenvalue weighted by atomic mass is 35.5. The first kappa shape index (κ1) is 17.5. The van der Waals surface area contributed by atoms with Crippen LogP contribution >= 0.6 is 44.2 Å². The average Bonchev–Trinajstić information content (AvgIpc) is 1.62. The lowest BCUT2D eigenvalue weighted by atomic mass is 10.8. The molecule has 11 heavy (non-hydrogen) atoms. The van der Waals surface area contributed by atoms with Gasteiger partial charge >= 0.3 is 7.75 Å². The zero-order valence-corrected chi connectivity index (χ0v) is 8.34. The van der Waals surface area contributed by atoms with E-state index in [1.54, 1.807) is 0 Å². The molecule has 0 saturated heterocycles. The zero-order valence-electron chi connectivity index (χ0n) is 5.06. The number of hydrogen-bond donors (Lipinski definition) is 3. The summed E-state index contributed by atoms with van der Waals surface area (Å²) >= 11 is 4.90. The summed E-state index contributed by atoms with van der Waals surface area (Å²) in [5.41, 5.74) is 0. The summed E-state index contributed by atoms with van der Waals surface area (Å²) in [5.74, 6) is -1.34. The molecule has 0 aliphatic heterocycles. The van der Waals surface area contributed by atoms with Crippen LogP contribution in [0.25, 0.3) is 0 Å². The lowest BCUT2D eigenvalue weighted by Crippen LogP contribution is -2.20. The monoisotopic (exact) mass is 245 g/mol. The van der Waals surface area contributed by atoms with Crippen molar-refractivity contribution in [3.05, 3.63) is 0 Å². The number of carbonyl (C=O) groups excluding carboxylic acids is 1. The molecule has 1 amide bonds. The summed E-state index contributed by atoms with van der Waals surface area (Å²) in [6, 6.07) is 0. The summed E-state index contributed by atoms with van der Waals surface area (Å²) < 4.78 is 9.90. The van der Waals surface area contributed by atoms with Gasteiger partial charge in [0.15, 0.2) is 0 Å². The Morgan fingerprint density at radius 3 is 1.91 bits per heavy atom. The predicted molar refractivity (Wildman–Crippen MR) is 45.4 cm³/mol. The van der Waals surface area contributed by atoms with Gasteiger partial charge in [-0.15, -0.1) is 36.4 Å². The summed E-state index contributed by atoms with van der Waals surface area (Å²) in [7, 11) is -4.42. The Hall–Kier alpha value is 0.490. The third-order valence-electron chi connectivity index (χ3n) is 0.392. The van der Waals surface area contributed by atoms with Gasteiger partial charge in [-0.1, -0.05) is 0 Å². The molecule has 0 saturated carbocycles. The van der Waals surface area contributed by atoms with Crippen molar-refractivity contribution in [2.75, 3.05) is 5.88 Å². The van der Waals surface area contributed by atoms with Gasteiger partial charge in [0.2, 0.25) is 5.91 Å². The van der Waals surface area contributed by atoms with E-state index in [-0.39, 0.29) is 24.8 Å². The van der Waals surface area contributed by atoms with E-state index in [9.17, 15) is 9.36 Å². The highest BCUT2D eigenvalue weighted by molar-refractivity contribution is 7.50. The number of nitrogens with one attached hydrogen (secondary N) is 1. The molecule has 0 radical (unpaired) electrons. The SMILES string of the molecule is Cl.Cl.O=C(CCl)NP(=O)(O)O. The van der Waals surface area contributed by atoms with Gasteiger partial charge in [0, 0.05) is 0 Å². The Balaban J connectivity index is -0.000000320. The minimum absolute atomic E-state index is 0. The van der Waals surface area contributed by atoms with Gasteiger partial charge in [-0.2, -0.15) is 0 Å². The Bertz CT molecular complexity index is 157. The Morgan fingerprint density at radius 2 is 1.82 bits per heavy atom.